The molecule has 1 N–H and O–H groups in total. The van der Waals surface area contributed by atoms with E-state index in [-0.39, 0.29) is 18.1 Å². The lowest BCUT2D eigenvalue weighted by Gasteiger charge is -2.19. The van der Waals surface area contributed by atoms with E-state index in [2.05, 4.69) is 32.3 Å². The first-order valence-electron chi connectivity index (χ1n) is 12.0. The van der Waals surface area contributed by atoms with Crippen LogP contribution >= 0.6 is 0 Å². The number of anilines is 2. The Morgan fingerprint density at radius 2 is 2.03 bits per heavy atom. The second-order valence-electron chi connectivity index (χ2n) is 8.63. The van der Waals surface area contributed by atoms with E-state index >= 15 is 0 Å². The molecule has 0 fully saturated rings. The van der Waals surface area contributed by atoms with Gasteiger partial charge in [0.1, 0.15) is 18.1 Å². The molecular formula is C27H32N4O4S. The molecule has 190 valence electrons. The van der Waals surface area contributed by atoms with Gasteiger partial charge >= 0.3 is 0 Å². The van der Waals surface area contributed by atoms with Crippen LogP contribution < -0.4 is 14.8 Å². The van der Waals surface area contributed by atoms with E-state index < -0.39 is 9.84 Å². The Morgan fingerprint density at radius 3 is 2.89 bits per heavy atom. The Kier molecular flexibility index (Phi) is 8.56. The first-order valence-corrected chi connectivity index (χ1v) is 13.9. The predicted octanol–water partition coefficient (Wildman–Crippen LogP) is 4.47. The number of fused-ring (bicyclic) bond motifs is 7. The summed E-state index contributed by atoms with van der Waals surface area (Å²) in [5.41, 5.74) is 3.50. The summed E-state index contributed by atoms with van der Waals surface area (Å²) >= 11 is 0. The van der Waals surface area contributed by atoms with Crippen LogP contribution in [-0.2, 0) is 16.4 Å². The second-order valence-corrected chi connectivity index (χ2v) is 11.1. The summed E-state index contributed by atoms with van der Waals surface area (Å²) in [5.74, 6) is 2.04. The standard InChI is InChI=1S/C27H32N4O4S/c1-3-36(32,33)17-16-35-26-11-10-23-18-22(26)20-31(2)14-5-4-6-15-34-24-9-7-8-21(19-24)25-12-13-28-27(29-23)30-25/h4-5,7-13,18-19H,3,6,14-17,20H2,1-2H3,(H,28,29,30)/b5-4+. The van der Waals surface area contributed by atoms with Crippen molar-refractivity contribution in [2.24, 2.45) is 0 Å². The monoisotopic (exact) mass is 508 g/mol. The van der Waals surface area contributed by atoms with Gasteiger partial charge in [0.25, 0.3) is 0 Å². The number of nitrogens with zero attached hydrogens (tertiary/aromatic N) is 3. The van der Waals surface area contributed by atoms with Gasteiger partial charge in [0.2, 0.25) is 5.95 Å². The van der Waals surface area contributed by atoms with Crippen molar-refractivity contribution in [3.63, 3.8) is 0 Å². The highest BCUT2D eigenvalue weighted by Gasteiger charge is 2.13. The number of nitrogens with one attached hydrogen (secondary N) is 1. The quantitative estimate of drug-likeness (QED) is 0.505. The number of ether oxygens (including phenoxy) is 2. The minimum atomic E-state index is -3.10. The summed E-state index contributed by atoms with van der Waals surface area (Å²) in [7, 11) is -1.07. The van der Waals surface area contributed by atoms with Gasteiger partial charge in [-0.3, -0.25) is 4.90 Å². The number of hydrogen-bond acceptors (Lipinski definition) is 8. The van der Waals surface area contributed by atoms with E-state index in [0.717, 1.165) is 41.2 Å². The van der Waals surface area contributed by atoms with Gasteiger partial charge in [-0.15, -0.1) is 0 Å². The number of aromatic nitrogens is 2. The van der Waals surface area contributed by atoms with Crippen molar-refractivity contribution in [2.75, 3.05) is 43.6 Å². The Hall–Kier alpha value is -3.43. The Labute approximate surface area is 212 Å². The van der Waals surface area contributed by atoms with E-state index in [1.165, 1.54) is 0 Å². The molecule has 0 saturated heterocycles. The van der Waals surface area contributed by atoms with Crippen LogP contribution in [0.15, 0.2) is 66.9 Å². The largest absolute Gasteiger partial charge is 0.493 e. The Balaban J connectivity index is 1.63. The van der Waals surface area contributed by atoms with Gasteiger partial charge in [-0.05, 0) is 49.9 Å². The summed E-state index contributed by atoms with van der Waals surface area (Å²) in [4.78, 5) is 11.2. The fourth-order valence-electron chi connectivity index (χ4n) is 3.77. The van der Waals surface area contributed by atoms with Gasteiger partial charge in [0, 0.05) is 41.9 Å². The van der Waals surface area contributed by atoms with E-state index in [1.54, 1.807) is 13.1 Å². The first-order chi connectivity index (χ1) is 17.4. The molecule has 2 aromatic carbocycles. The van der Waals surface area contributed by atoms with E-state index in [0.29, 0.717) is 24.8 Å². The van der Waals surface area contributed by atoms with Crippen molar-refractivity contribution < 1.29 is 17.9 Å². The van der Waals surface area contributed by atoms with E-state index in [9.17, 15) is 8.42 Å². The molecule has 8 nitrogen and oxygen atoms in total. The van der Waals surface area contributed by atoms with Gasteiger partial charge in [-0.2, -0.15) is 0 Å². The molecule has 1 aromatic heterocycles. The van der Waals surface area contributed by atoms with E-state index in [1.807, 2.05) is 55.6 Å². The average Bonchev–Trinajstić information content (AvgIpc) is 2.87. The summed E-state index contributed by atoms with van der Waals surface area (Å²) in [6.07, 6.45) is 6.76. The van der Waals surface area contributed by atoms with Gasteiger partial charge in [0.05, 0.1) is 18.1 Å². The molecule has 0 amide bonds. The second kappa shape index (κ2) is 12.0. The molecule has 6 bridgehead atoms. The molecule has 0 aliphatic carbocycles. The van der Waals surface area contributed by atoms with Crippen LogP contribution in [0.3, 0.4) is 0 Å². The molecule has 1 aliphatic heterocycles. The van der Waals surface area contributed by atoms with Crippen LogP contribution in [0, 0.1) is 0 Å². The lowest BCUT2D eigenvalue weighted by atomic mass is 10.1. The number of sulfone groups is 1. The molecule has 2 heterocycles. The molecule has 3 aromatic rings. The van der Waals surface area contributed by atoms with Crippen molar-refractivity contribution in [1.82, 2.24) is 14.9 Å². The third kappa shape index (κ3) is 7.29. The molecule has 36 heavy (non-hydrogen) atoms. The minimum Gasteiger partial charge on any atom is -0.493 e. The average molecular weight is 509 g/mol. The molecule has 0 saturated carbocycles. The summed E-state index contributed by atoms with van der Waals surface area (Å²) in [6, 6.07) is 15.5. The lowest BCUT2D eigenvalue weighted by Crippen LogP contribution is -2.20. The highest BCUT2D eigenvalue weighted by atomic mass is 32.2. The highest BCUT2D eigenvalue weighted by molar-refractivity contribution is 7.91. The van der Waals surface area contributed by atoms with Crippen LogP contribution in [-0.4, -0.2) is 61.6 Å². The Morgan fingerprint density at radius 1 is 1.14 bits per heavy atom. The van der Waals surface area contributed by atoms with Crippen molar-refractivity contribution >= 4 is 21.5 Å². The lowest BCUT2D eigenvalue weighted by molar-refractivity contribution is 0.317. The highest BCUT2D eigenvalue weighted by Crippen LogP contribution is 2.27. The molecule has 0 atom stereocenters. The SMILES string of the molecule is CCS(=O)(=O)CCOc1ccc2cc1CN(C)C/C=C/CCOc1cccc(c1)-c1ccnc(n1)N2. The smallest absolute Gasteiger partial charge is 0.227 e. The van der Waals surface area contributed by atoms with Crippen LogP contribution in [0.2, 0.25) is 0 Å². The number of rotatable bonds is 5. The van der Waals surface area contributed by atoms with Crippen molar-refractivity contribution in [3.05, 3.63) is 72.4 Å². The van der Waals surface area contributed by atoms with Crippen LogP contribution in [0.1, 0.15) is 18.9 Å². The maximum atomic E-state index is 11.9. The number of hydrogen-bond donors (Lipinski definition) is 1. The number of likely N-dealkylation sites (N-methyl/N-ethyl adjacent to an activating group) is 1. The molecule has 0 spiro atoms. The predicted molar refractivity (Wildman–Crippen MR) is 143 cm³/mol. The maximum absolute atomic E-state index is 11.9. The minimum absolute atomic E-state index is 0.00851. The molecule has 0 unspecified atom stereocenters. The van der Waals surface area contributed by atoms with Gasteiger partial charge < -0.3 is 14.8 Å². The fraction of sp³-hybridized carbons (Fsp3) is 0.333. The van der Waals surface area contributed by atoms with Gasteiger partial charge in [0.15, 0.2) is 9.84 Å². The zero-order valence-corrected chi connectivity index (χ0v) is 21.5. The molecular weight excluding hydrogens is 476 g/mol. The van der Waals surface area contributed by atoms with Crippen LogP contribution in [0.5, 0.6) is 11.5 Å². The fourth-order valence-corrected chi connectivity index (χ4v) is 4.40. The van der Waals surface area contributed by atoms with Gasteiger partial charge in [-0.25, -0.2) is 18.4 Å². The van der Waals surface area contributed by atoms with E-state index in [4.69, 9.17) is 9.47 Å². The molecule has 0 radical (unpaired) electrons. The molecule has 4 rings (SSSR count). The van der Waals surface area contributed by atoms with Crippen LogP contribution in [0.25, 0.3) is 11.3 Å². The van der Waals surface area contributed by atoms with Crippen molar-refractivity contribution in [3.8, 4) is 22.8 Å². The zero-order valence-electron chi connectivity index (χ0n) is 20.7. The molecule has 1 aliphatic rings. The zero-order chi connectivity index (χ0) is 25.4. The van der Waals surface area contributed by atoms with Crippen molar-refractivity contribution in [1.29, 1.82) is 0 Å². The topological polar surface area (TPSA) is 93.7 Å². The summed E-state index contributed by atoms with van der Waals surface area (Å²) in [5, 5.41) is 3.29. The third-order valence-electron chi connectivity index (χ3n) is 5.77. The molecule has 9 heteroatoms. The normalized spacial score (nSPS) is 15.6. The summed E-state index contributed by atoms with van der Waals surface area (Å²) < 4.78 is 35.6. The maximum Gasteiger partial charge on any atom is 0.227 e. The Bertz CT molecular complexity index is 1310. The third-order valence-corrected chi connectivity index (χ3v) is 7.44. The number of benzene rings is 2. The van der Waals surface area contributed by atoms with Crippen molar-refractivity contribution in [2.45, 2.75) is 19.9 Å². The summed E-state index contributed by atoms with van der Waals surface area (Å²) in [6.45, 7) is 3.72. The van der Waals surface area contributed by atoms with Gasteiger partial charge in [-0.1, -0.05) is 31.2 Å². The first kappa shape index (κ1) is 25.7. The van der Waals surface area contributed by atoms with Crippen LogP contribution in [0.4, 0.5) is 11.6 Å².